The van der Waals surface area contributed by atoms with Gasteiger partial charge in [0.15, 0.2) is 0 Å². The van der Waals surface area contributed by atoms with Crippen molar-refractivity contribution in [3.05, 3.63) is 40.4 Å². The first-order chi connectivity index (χ1) is 11.9. The number of carbonyl (C=O) groups excluding carboxylic acids is 1. The summed E-state index contributed by atoms with van der Waals surface area (Å²) in [6.07, 6.45) is 3.79. The third-order valence-corrected chi connectivity index (χ3v) is 4.84. The summed E-state index contributed by atoms with van der Waals surface area (Å²) >= 11 is 0. The van der Waals surface area contributed by atoms with Gasteiger partial charge in [0.2, 0.25) is 5.91 Å². The molecule has 0 spiro atoms. The Morgan fingerprint density at radius 3 is 2.76 bits per heavy atom. The molecule has 0 bridgehead atoms. The van der Waals surface area contributed by atoms with Crippen molar-refractivity contribution in [3.8, 4) is 0 Å². The molecule has 7 nitrogen and oxygen atoms in total. The average molecular weight is 343 g/mol. The summed E-state index contributed by atoms with van der Waals surface area (Å²) in [5.41, 5.74) is 0.806. The highest BCUT2D eigenvalue weighted by molar-refractivity contribution is 5.81. The largest absolute Gasteiger partial charge is 0.481 e. The van der Waals surface area contributed by atoms with E-state index in [4.69, 9.17) is 5.11 Å². The maximum Gasteiger partial charge on any atom is 0.305 e. The third kappa shape index (κ3) is 3.55. The summed E-state index contributed by atoms with van der Waals surface area (Å²) in [5.74, 6) is -1.15. The molecule has 0 radical (unpaired) electrons. The Morgan fingerprint density at radius 1 is 1.36 bits per heavy atom. The maximum atomic E-state index is 12.5. The van der Waals surface area contributed by atoms with Crippen LogP contribution in [0.4, 0.5) is 0 Å². The van der Waals surface area contributed by atoms with Crippen LogP contribution in [0, 0.1) is 6.92 Å². The summed E-state index contributed by atoms with van der Waals surface area (Å²) in [7, 11) is 0. The molecule has 2 aromatic rings. The Labute approximate surface area is 144 Å². The highest BCUT2D eigenvalue weighted by Gasteiger charge is 2.40. The van der Waals surface area contributed by atoms with E-state index in [0.717, 1.165) is 12.0 Å². The minimum absolute atomic E-state index is 0.0600. The van der Waals surface area contributed by atoms with Gasteiger partial charge in [-0.25, -0.2) is 4.98 Å². The number of aryl methyl sites for hydroxylation is 2. The van der Waals surface area contributed by atoms with Crippen molar-refractivity contribution in [1.82, 2.24) is 14.9 Å². The summed E-state index contributed by atoms with van der Waals surface area (Å²) in [6, 6.07) is 5.43. The normalized spacial score (nSPS) is 15.6. The van der Waals surface area contributed by atoms with Gasteiger partial charge in [0.25, 0.3) is 5.56 Å². The van der Waals surface area contributed by atoms with Crippen LogP contribution >= 0.6 is 0 Å². The van der Waals surface area contributed by atoms with Crippen molar-refractivity contribution in [1.29, 1.82) is 0 Å². The monoisotopic (exact) mass is 343 g/mol. The van der Waals surface area contributed by atoms with Gasteiger partial charge in [-0.2, -0.15) is 0 Å². The van der Waals surface area contributed by atoms with E-state index in [-0.39, 0.29) is 30.9 Å². The Hall–Kier alpha value is -2.70. The molecule has 1 fully saturated rings. The van der Waals surface area contributed by atoms with Gasteiger partial charge >= 0.3 is 5.97 Å². The molecule has 0 aliphatic heterocycles. The van der Waals surface area contributed by atoms with Crippen LogP contribution in [0.25, 0.3) is 10.9 Å². The number of aromatic nitrogens is 2. The molecule has 0 atom stereocenters. The number of amides is 1. The molecule has 3 rings (SSSR count). The van der Waals surface area contributed by atoms with Gasteiger partial charge in [-0.15, -0.1) is 0 Å². The highest BCUT2D eigenvalue weighted by atomic mass is 16.4. The predicted molar refractivity (Wildman–Crippen MR) is 92.3 cm³/mol. The molecule has 132 valence electrons. The van der Waals surface area contributed by atoms with E-state index in [1.165, 1.54) is 10.9 Å². The van der Waals surface area contributed by atoms with Crippen molar-refractivity contribution >= 4 is 22.8 Å². The number of carboxylic acid groups (broad SMARTS) is 1. The van der Waals surface area contributed by atoms with Crippen LogP contribution in [0.5, 0.6) is 0 Å². The fourth-order valence-corrected chi connectivity index (χ4v) is 3.32. The number of fused-ring (bicyclic) bond motifs is 1. The summed E-state index contributed by atoms with van der Waals surface area (Å²) in [5, 5.41) is 12.4. The second-order valence-corrected chi connectivity index (χ2v) is 6.72. The van der Waals surface area contributed by atoms with Crippen LogP contribution in [0.2, 0.25) is 0 Å². The third-order valence-electron chi connectivity index (χ3n) is 4.84. The van der Waals surface area contributed by atoms with E-state index in [9.17, 15) is 14.4 Å². The molecule has 1 amide bonds. The number of para-hydroxylation sites is 1. The van der Waals surface area contributed by atoms with E-state index in [1.807, 2.05) is 19.1 Å². The molecule has 0 saturated heterocycles. The summed E-state index contributed by atoms with van der Waals surface area (Å²) in [6.45, 7) is 2.11. The fourth-order valence-electron chi connectivity index (χ4n) is 3.32. The van der Waals surface area contributed by atoms with Gasteiger partial charge in [-0.1, -0.05) is 12.1 Å². The zero-order valence-corrected chi connectivity index (χ0v) is 14.1. The van der Waals surface area contributed by atoms with Gasteiger partial charge in [0, 0.05) is 13.0 Å². The van der Waals surface area contributed by atoms with E-state index >= 15 is 0 Å². The van der Waals surface area contributed by atoms with Crippen LogP contribution in [0.1, 0.15) is 37.7 Å². The van der Waals surface area contributed by atoms with Gasteiger partial charge < -0.3 is 10.4 Å². The van der Waals surface area contributed by atoms with E-state index in [1.54, 1.807) is 6.07 Å². The summed E-state index contributed by atoms with van der Waals surface area (Å²) < 4.78 is 1.42. The first-order valence-electron chi connectivity index (χ1n) is 8.38. The number of nitrogens with zero attached hydrogens (tertiary/aromatic N) is 2. The molecule has 1 aliphatic rings. The van der Waals surface area contributed by atoms with Crippen LogP contribution in [0.15, 0.2) is 29.3 Å². The zero-order chi connectivity index (χ0) is 18.0. The van der Waals surface area contributed by atoms with Crippen LogP contribution in [-0.4, -0.2) is 32.1 Å². The van der Waals surface area contributed by atoms with Crippen LogP contribution < -0.4 is 10.9 Å². The van der Waals surface area contributed by atoms with Crippen molar-refractivity contribution in [2.24, 2.45) is 0 Å². The van der Waals surface area contributed by atoms with Crippen molar-refractivity contribution in [3.63, 3.8) is 0 Å². The molecular formula is C18H21N3O4. The zero-order valence-electron chi connectivity index (χ0n) is 14.1. The Morgan fingerprint density at radius 2 is 2.12 bits per heavy atom. The second kappa shape index (κ2) is 6.66. The number of rotatable bonds is 6. The maximum absolute atomic E-state index is 12.5. The number of carbonyl (C=O) groups is 2. The number of aliphatic carboxylic acids is 1. The lowest BCUT2D eigenvalue weighted by Crippen LogP contribution is -2.54. The lowest BCUT2D eigenvalue weighted by Gasteiger charge is -2.41. The second-order valence-electron chi connectivity index (χ2n) is 6.72. The van der Waals surface area contributed by atoms with Gasteiger partial charge in [-0.3, -0.25) is 19.0 Å². The lowest BCUT2D eigenvalue weighted by molar-refractivity contribution is -0.140. The molecule has 25 heavy (non-hydrogen) atoms. The smallest absolute Gasteiger partial charge is 0.305 e. The van der Waals surface area contributed by atoms with Crippen molar-refractivity contribution in [2.45, 2.75) is 51.1 Å². The van der Waals surface area contributed by atoms with E-state index < -0.39 is 11.5 Å². The minimum Gasteiger partial charge on any atom is -0.481 e. The number of nitrogens with one attached hydrogen (secondary N) is 1. The molecular weight excluding hydrogens is 322 g/mol. The number of hydrogen-bond acceptors (Lipinski definition) is 4. The van der Waals surface area contributed by atoms with Gasteiger partial charge in [-0.05, 0) is 37.8 Å². The summed E-state index contributed by atoms with van der Waals surface area (Å²) in [4.78, 5) is 40.0. The molecule has 1 aromatic heterocycles. The molecule has 0 unspecified atom stereocenters. The van der Waals surface area contributed by atoms with Gasteiger partial charge in [0.05, 0.1) is 29.2 Å². The first kappa shape index (κ1) is 17.1. The molecule has 1 aromatic carbocycles. The Balaban J connectivity index is 1.68. The molecule has 1 aliphatic carbocycles. The SMILES string of the molecule is Cc1cccc2c(=O)n(CCC(=O)NC3(CC(=O)O)CCC3)cnc12. The average Bonchev–Trinajstić information content (AvgIpc) is 2.52. The first-order valence-corrected chi connectivity index (χ1v) is 8.38. The molecule has 2 N–H and O–H groups in total. The standard InChI is InChI=1S/C18H21N3O4/c1-12-4-2-5-13-16(12)19-11-21(17(13)25)9-6-14(22)20-18(7-3-8-18)10-15(23)24/h2,4-5,11H,3,6-10H2,1H3,(H,20,22)(H,23,24). The van der Waals surface area contributed by atoms with Gasteiger partial charge in [0.1, 0.15) is 0 Å². The van der Waals surface area contributed by atoms with Crippen LogP contribution in [0.3, 0.4) is 0 Å². The molecule has 7 heteroatoms. The number of carboxylic acids is 1. The van der Waals surface area contributed by atoms with E-state index in [0.29, 0.717) is 23.7 Å². The van der Waals surface area contributed by atoms with Crippen molar-refractivity contribution < 1.29 is 14.7 Å². The predicted octanol–water partition coefficient (Wildman–Crippen LogP) is 1.61. The fraction of sp³-hybridized carbons (Fsp3) is 0.444. The topological polar surface area (TPSA) is 101 Å². The van der Waals surface area contributed by atoms with Crippen molar-refractivity contribution in [2.75, 3.05) is 0 Å². The Bertz CT molecular complexity index is 884. The number of benzene rings is 1. The minimum atomic E-state index is -0.912. The molecule has 1 heterocycles. The quantitative estimate of drug-likeness (QED) is 0.830. The highest BCUT2D eigenvalue weighted by Crippen LogP contribution is 2.34. The van der Waals surface area contributed by atoms with E-state index in [2.05, 4.69) is 10.3 Å². The Kier molecular flexibility index (Phi) is 4.57. The number of hydrogen-bond donors (Lipinski definition) is 2. The van der Waals surface area contributed by atoms with Crippen LogP contribution in [-0.2, 0) is 16.1 Å². The molecule has 1 saturated carbocycles. The lowest BCUT2D eigenvalue weighted by atomic mass is 9.74.